The van der Waals surface area contributed by atoms with Gasteiger partial charge in [-0.1, -0.05) is 30.3 Å². The highest BCUT2D eigenvalue weighted by atomic mass is 19.1. The molecule has 0 aromatic heterocycles. The zero-order valence-corrected chi connectivity index (χ0v) is 14.1. The average Bonchev–Trinajstić information content (AvgIpc) is 2.60. The first kappa shape index (κ1) is 16.9. The van der Waals surface area contributed by atoms with Gasteiger partial charge in [-0.2, -0.15) is 0 Å². The van der Waals surface area contributed by atoms with E-state index >= 15 is 0 Å². The Morgan fingerprint density at radius 2 is 2.00 bits per heavy atom. The van der Waals surface area contributed by atoms with Crippen molar-refractivity contribution < 1.29 is 18.6 Å². The highest BCUT2D eigenvalue weighted by Crippen LogP contribution is 2.39. The van der Waals surface area contributed by atoms with E-state index in [1.165, 1.54) is 12.1 Å². The van der Waals surface area contributed by atoms with Crippen molar-refractivity contribution in [3.05, 3.63) is 65.5 Å². The molecule has 0 amide bonds. The summed E-state index contributed by atoms with van der Waals surface area (Å²) in [5.74, 6) is 0.204. The topological polar surface area (TPSA) is 27.7 Å². The molecule has 3 nitrogen and oxygen atoms in total. The smallest absolute Gasteiger partial charge is 0.127 e. The molecule has 1 aliphatic heterocycles. The van der Waals surface area contributed by atoms with Crippen LogP contribution in [-0.4, -0.2) is 19.8 Å². The molecule has 1 fully saturated rings. The van der Waals surface area contributed by atoms with Crippen LogP contribution in [0.25, 0.3) is 0 Å². The molecule has 2 unspecified atom stereocenters. The maximum atomic E-state index is 14.1. The van der Waals surface area contributed by atoms with Gasteiger partial charge in [0.15, 0.2) is 0 Å². The lowest BCUT2D eigenvalue weighted by Gasteiger charge is -2.39. The van der Waals surface area contributed by atoms with Crippen LogP contribution in [0.3, 0.4) is 0 Å². The second-order valence-corrected chi connectivity index (χ2v) is 6.28. The van der Waals surface area contributed by atoms with E-state index in [4.69, 9.17) is 14.2 Å². The van der Waals surface area contributed by atoms with Gasteiger partial charge >= 0.3 is 0 Å². The lowest BCUT2D eigenvalue weighted by Crippen LogP contribution is -2.39. The lowest BCUT2D eigenvalue weighted by molar-refractivity contribution is -0.122. The van der Waals surface area contributed by atoms with Crippen LogP contribution in [0, 0.1) is 5.82 Å². The van der Waals surface area contributed by atoms with Gasteiger partial charge < -0.3 is 14.2 Å². The number of hydrogen-bond acceptors (Lipinski definition) is 3. The number of methoxy groups -OCH3 is 1. The van der Waals surface area contributed by atoms with Crippen molar-refractivity contribution >= 4 is 0 Å². The predicted molar refractivity (Wildman–Crippen MR) is 90.5 cm³/mol. The zero-order chi connectivity index (χ0) is 17.0. The van der Waals surface area contributed by atoms with Gasteiger partial charge in [0.25, 0.3) is 0 Å². The van der Waals surface area contributed by atoms with Crippen molar-refractivity contribution in [1.29, 1.82) is 0 Å². The first-order valence-corrected chi connectivity index (χ1v) is 8.26. The molecule has 3 rings (SSSR count). The zero-order valence-electron chi connectivity index (χ0n) is 14.1. The van der Waals surface area contributed by atoms with Crippen LogP contribution in [0.5, 0.6) is 5.75 Å². The normalized spacial score (nSPS) is 23.9. The Morgan fingerprint density at radius 3 is 2.71 bits per heavy atom. The molecule has 128 valence electrons. The molecule has 0 spiro atoms. The molecule has 0 bridgehead atoms. The molecule has 2 atom stereocenters. The van der Waals surface area contributed by atoms with Gasteiger partial charge in [0.2, 0.25) is 0 Å². The standard InChI is InChI=1S/C20H23FO3/c1-15-13-20(22-2,8-9-23-15)17-10-18(21)12-19(11-17)24-14-16-6-4-3-5-7-16/h3-7,10-12,15H,8-9,13-14H2,1-2H3. The van der Waals surface area contributed by atoms with Crippen LogP contribution in [-0.2, 0) is 21.7 Å². The van der Waals surface area contributed by atoms with E-state index in [1.807, 2.05) is 43.3 Å². The van der Waals surface area contributed by atoms with Crippen LogP contribution in [0.2, 0.25) is 0 Å². The Balaban J connectivity index is 1.82. The molecule has 0 aliphatic carbocycles. The number of halogens is 1. The molecule has 1 heterocycles. The molecule has 1 aliphatic rings. The van der Waals surface area contributed by atoms with Crippen LogP contribution in [0.15, 0.2) is 48.5 Å². The minimum absolute atomic E-state index is 0.0793. The maximum absolute atomic E-state index is 14.1. The van der Waals surface area contributed by atoms with Crippen molar-refractivity contribution in [1.82, 2.24) is 0 Å². The third kappa shape index (κ3) is 3.77. The van der Waals surface area contributed by atoms with E-state index in [-0.39, 0.29) is 11.9 Å². The average molecular weight is 330 g/mol. The van der Waals surface area contributed by atoms with Gasteiger partial charge in [0.1, 0.15) is 18.2 Å². The largest absolute Gasteiger partial charge is 0.489 e. The van der Waals surface area contributed by atoms with E-state index in [1.54, 1.807) is 7.11 Å². The van der Waals surface area contributed by atoms with Crippen LogP contribution >= 0.6 is 0 Å². The summed E-state index contributed by atoms with van der Waals surface area (Å²) in [6.07, 6.45) is 1.48. The summed E-state index contributed by atoms with van der Waals surface area (Å²) in [6.45, 7) is 3.02. The first-order valence-electron chi connectivity index (χ1n) is 8.26. The highest BCUT2D eigenvalue weighted by Gasteiger charge is 2.38. The minimum Gasteiger partial charge on any atom is -0.489 e. The van der Waals surface area contributed by atoms with Crippen molar-refractivity contribution in [3.8, 4) is 5.75 Å². The first-order chi connectivity index (χ1) is 11.6. The summed E-state index contributed by atoms with van der Waals surface area (Å²) in [6, 6.07) is 14.7. The van der Waals surface area contributed by atoms with Crippen molar-refractivity contribution in [2.45, 2.75) is 38.1 Å². The van der Waals surface area contributed by atoms with Gasteiger partial charge in [-0.05, 0) is 30.2 Å². The predicted octanol–water partition coefficient (Wildman–Crippen LogP) is 4.45. The van der Waals surface area contributed by atoms with Gasteiger partial charge in [-0.15, -0.1) is 0 Å². The number of benzene rings is 2. The molecular formula is C20H23FO3. The maximum Gasteiger partial charge on any atom is 0.127 e. The fraction of sp³-hybridized carbons (Fsp3) is 0.400. The lowest BCUT2D eigenvalue weighted by atomic mass is 9.83. The molecule has 0 radical (unpaired) electrons. The molecule has 2 aromatic rings. The van der Waals surface area contributed by atoms with E-state index in [9.17, 15) is 4.39 Å². The minimum atomic E-state index is -0.523. The quantitative estimate of drug-likeness (QED) is 0.811. The summed E-state index contributed by atoms with van der Waals surface area (Å²) in [4.78, 5) is 0. The molecule has 0 N–H and O–H groups in total. The summed E-state index contributed by atoms with van der Waals surface area (Å²) in [7, 11) is 1.67. The number of hydrogen-bond donors (Lipinski definition) is 0. The van der Waals surface area contributed by atoms with Crippen LogP contribution in [0.4, 0.5) is 4.39 Å². The Kier molecular flexibility index (Phi) is 5.17. The number of rotatable bonds is 5. The van der Waals surface area contributed by atoms with Gasteiger partial charge in [-0.3, -0.25) is 0 Å². The van der Waals surface area contributed by atoms with Crippen molar-refractivity contribution in [3.63, 3.8) is 0 Å². The molecule has 4 heteroatoms. The number of ether oxygens (including phenoxy) is 3. The van der Waals surface area contributed by atoms with Gasteiger partial charge in [-0.25, -0.2) is 4.39 Å². The van der Waals surface area contributed by atoms with Gasteiger partial charge in [0.05, 0.1) is 18.3 Å². The Labute approximate surface area is 142 Å². The molecule has 2 aromatic carbocycles. The highest BCUT2D eigenvalue weighted by molar-refractivity contribution is 5.34. The van der Waals surface area contributed by atoms with Crippen molar-refractivity contribution in [2.24, 2.45) is 0 Å². The van der Waals surface area contributed by atoms with Crippen molar-refractivity contribution in [2.75, 3.05) is 13.7 Å². The van der Waals surface area contributed by atoms with Gasteiger partial charge in [0, 0.05) is 26.0 Å². The van der Waals surface area contributed by atoms with E-state index in [0.717, 1.165) is 11.1 Å². The summed E-state index contributed by atoms with van der Waals surface area (Å²) in [5, 5.41) is 0. The SMILES string of the molecule is COC1(c2cc(F)cc(OCc3ccccc3)c2)CCOC(C)C1. The van der Waals surface area contributed by atoms with E-state index in [2.05, 4.69) is 0 Å². The fourth-order valence-electron chi connectivity index (χ4n) is 3.27. The van der Waals surface area contributed by atoms with E-state index in [0.29, 0.717) is 31.8 Å². The summed E-state index contributed by atoms with van der Waals surface area (Å²) < 4.78 is 31.4. The second kappa shape index (κ2) is 7.32. The molecule has 1 saturated heterocycles. The van der Waals surface area contributed by atoms with Crippen LogP contribution in [0.1, 0.15) is 30.9 Å². The summed E-state index contributed by atoms with van der Waals surface area (Å²) >= 11 is 0. The summed E-state index contributed by atoms with van der Waals surface area (Å²) in [5.41, 5.74) is 1.33. The fourth-order valence-corrected chi connectivity index (χ4v) is 3.27. The third-order valence-corrected chi connectivity index (χ3v) is 4.56. The Bertz CT molecular complexity index is 674. The second-order valence-electron chi connectivity index (χ2n) is 6.28. The monoisotopic (exact) mass is 330 g/mol. The van der Waals surface area contributed by atoms with E-state index < -0.39 is 5.60 Å². The molecule has 0 saturated carbocycles. The third-order valence-electron chi connectivity index (χ3n) is 4.56. The Hall–Kier alpha value is -1.91. The molecular weight excluding hydrogens is 307 g/mol. The Morgan fingerprint density at radius 1 is 1.21 bits per heavy atom. The van der Waals surface area contributed by atoms with Crippen LogP contribution < -0.4 is 4.74 Å². The molecule has 24 heavy (non-hydrogen) atoms.